The minimum atomic E-state index is -0.364. The zero-order valence-electron chi connectivity index (χ0n) is 12.9. The van der Waals surface area contributed by atoms with Crippen molar-refractivity contribution in [3.63, 3.8) is 0 Å². The second-order valence-electron chi connectivity index (χ2n) is 4.87. The number of hydrogen-bond acceptors (Lipinski definition) is 5. The molecule has 0 aliphatic heterocycles. The summed E-state index contributed by atoms with van der Waals surface area (Å²) in [4.78, 5) is 40.1. The van der Waals surface area contributed by atoms with Crippen LogP contribution in [0, 0.1) is 0 Å². The third-order valence-electron chi connectivity index (χ3n) is 3.41. The monoisotopic (exact) mass is 321 g/mol. The summed E-state index contributed by atoms with van der Waals surface area (Å²) in [6.45, 7) is 5.63. The summed E-state index contributed by atoms with van der Waals surface area (Å²) in [6.07, 6.45) is 0.827. The molecule has 2 aromatic heterocycles. The molecule has 0 aliphatic rings. The lowest BCUT2D eigenvalue weighted by atomic mass is 10.1. The Morgan fingerprint density at radius 2 is 1.82 bits per heavy atom. The highest BCUT2D eigenvalue weighted by atomic mass is 32.1. The van der Waals surface area contributed by atoms with Crippen LogP contribution >= 0.6 is 11.3 Å². The molecule has 0 spiro atoms. The van der Waals surface area contributed by atoms with E-state index in [1.165, 1.54) is 11.3 Å². The Balaban J connectivity index is 2.50. The molecule has 5 nitrogen and oxygen atoms in total. The van der Waals surface area contributed by atoms with Gasteiger partial charge in [-0.05, 0) is 18.6 Å². The number of nitrogens with one attached hydrogen (secondary N) is 1. The van der Waals surface area contributed by atoms with Gasteiger partial charge in [-0.1, -0.05) is 13.8 Å². The normalized spacial score (nSPS) is 10.9. The van der Waals surface area contributed by atoms with E-state index in [0.29, 0.717) is 35.6 Å². The van der Waals surface area contributed by atoms with E-state index in [0.717, 1.165) is 10.2 Å². The molecule has 6 heteroatoms. The first-order valence-electron chi connectivity index (χ1n) is 7.38. The highest BCUT2D eigenvalue weighted by Gasteiger charge is 2.22. The number of aromatic nitrogens is 1. The fraction of sp³-hybridized carbons (Fsp3) is 0.438. The first-order chi connectivity index (χ1) is 10.5. The Bertz CT molecular complexity index is 726. The van der Waals surface area contributed by atoms with Crippen molar-refractivity contribution in [2.24, 2.45) is 0 Å². The molecule has 1 N–H and O–H groups in total. The maximum absolute atomic E-state index is 12.1. The lowest BCUT2D eigenvalue weighted by Gasteiger charge is -2.03. The second kappa shape index (κ2) is 6.87. The number of carbonyl (C=O) groups is 3. The first kappa shape index (κ1) is 16.4. The standard InChI is InChI=1S/C16H19NO4S/c1-4-12(18)11-7-10-9(8-14(20)21-6-3)15(13(19)5-2)22-16(10)17-11/h7,17H,4-6,8H2,1-3H3. The molecule has 118 valence electrons. The number of ketones is 2. The van der Waals surface area contributed by atoms with Crippen molar-refractivity contribution in [1.29, 1.82) is 0 Å². The zero-order chi connectivity index (χ0) is 16.3. The van der Waals surface area contributed by atoms with Gasteiger partial charge < -0.3 is 9.72 Å². The summed E-state index contributed by atoms with van der Waals surface area (Å²) >= 11 is 1.30. The summed E-state index contributed by atoms with van der Waals surface area (Å²) in [5, 5.41) is 0.770. The van der Waals surface area contributed by atoms with E-state index in [1.54, 1.807) is 26.8 Å². The summed E-state index contributed by atoms with van der Waals surface area (Å²) in [5.41, 5.74) is 1.18. The minimum Gasteiger partial charge on any atom is -0.466 e. The minimum absolute atomic E-state index is 0.00253. The average Bonchev–Trinajstić information content (AvgIpc) is 3.05. The number of carbonyl (C=O) groups excluding carboxylic acids is 3. The van der Waals surface area contributed by atoms with E-state index in [-0.39, 0.29) is 24.0 Å². The Hall–Kier alpha value is -1.95. The number of esters is 1. The van der Waals surface area contributed by atoms with Gasteiger partial charge in [0.1, 0.15) is 4.83 Å². The van der Waals surface area contributed by atoms with Crippen LogP contribution in [-0.4, -0.2) is 29.1 Å². The van der Waals surface area contributed by atoms with Gasteiger partial charge in [-0.15, -0.1) is 11.3 Å². The molecule has 22 heavy (non-hydrogen) atoms. The fourth-order valence-corrected chi connectivity index (χ4v) is 3.51. The molecule has 0 aromatic carbocycles. The molecule has 0 bridgehead atoms. The molecule has 2 heterocycles. The molecule has 0 saturated carbocycles. The molecule has 0 aliphatic carbocycles. The average molecular weight is 321 g/mol. The van der Waals surface area contributed by atoms with Crippen LogP contribution in [0.1, 0.15) is 59.3 Å². The number of thiophene rings is 1. The van der Waals surface area contributed by atoms with E-state index in [9.17, 15) is 14.4 Å². The third kappa shape index (κ3) is 3.11. The predicted octanol–water partition coefficient (Wildman–Crippen LogP) is 3.52. The quantitative estimate of drug-likeness (QED) is 0.625. The molecule has 0 fully saturated rings. The molecule has 0 saturated heterocycles. The van der Waals surface area contributed by atoms with E-state index in [2.05, 4.69) is 4.98 Å². The van der Waals surface area contributed by atoms with Crippen LogP contribution in [0.4, 0.5) is 0 Å². The third-order valence-corrected chi connectivity index (χ3v) is 4.61. The summed E-state index contributed by atoms with van der Waals surface area (Å²) in [5.74, 6) is -0.358. The number of fused-ring (bicyclic) bond motifs is 1. The summed E-state index contributed by atoms with van der Waals surface area (Å²) < 4.78 is 4.99. The molecule has 0 unspecified atom stereocenters. The van der Waals surface area contributed by atoms with Crippen LogP contribution in [0.2, 0.25) is 0 Å². The van der Waals surface area contributed by atoms with Crippen LogP contribution in [0.15, 0.2) is 6.07 Å². The topological polar surface area (TPSA) is 76.2 Å². The van der Waals surface area contributed by atoms with Crippen LogP contribution in [0.5, 0.6) is 0 Å². The van der Waals surface area contributed by atoms with Crippen LogP contribution in [0.25, 0.3) is 10.2 Å². The number of hydrogen-bond donors (Lipinski definition) is 1. The molecule has 2 aromatic rings. The van der Waals surface area contributed by atoms with E-state index >= 15 is 0 Å². The Labute approximate surface area is 132 Å². The number of rotatable bonds is 7. The van der Waals surface area contributed by atoms with Crippen molar-refractivity contribution in [2.45, 2.75) is 40.0 Å². The number of ether oxygens (including phenoxy) is 1. The van der Waals surface area contributed by atoms with Gasteiger partial charge in [0.25, 0.3) is 0 Å². The highest BCUT2D eigenvalue weighted by molar-refractivity contribution is 7.20. The molecule has 2 rings (SSSR count). The van der Waals surface area contributed by atoms with Crippen molar-refractivity contribution in [2.75, 3.05) is 6.61 Å². The van der Waals surface area contributed by atoms with Gasteiger partial charge in [0.15, 0.2) is 11.6 Å². The van der Waals surface area contributed by atoms with E-state index in [1.807, 2.05) is 0 Å². The highest BCUT2D eigenvalue weighted by Crippen LogP contribution is 2.33. The van der Waals surface area contributed by atoms with Crippen LogP contribution < -0.4 is 0 Å². The molecule has 0 amide bonds. The molecular weight excluding hydrogens is 302 g/mol. The van der Waals surface area contributed by atoms with Gasteiger partial charge in [0.2, 0.25) is 0 Å². The Morgan fingerprint density at radius 1 is 1.14 bits per heavy atom. The van der Waals surface area contributed by atoms with Crippen molar-refractivity contribution in [3.8, 4) is 0 Å². The Kier molecular flexibility index (Phi) is 5.13. The van der Waals surface area contributed by atoms with Gasteiger partial charge in [-0.25, -0.2) is 0 Å². The van der Waals surface area contributed by atoms with Crippen molar-refractivity contribution in [3.05, 3.63) is 22.2 Å². The van der Waals surface area contributed by atoms with Crippen LogP contribution in [-0.2, 0) is 16.0 Å². The summed E-state index contributed by atoms with van der Waals surface area (Å²) in [6, 6.07) is 1.73. The lowest BCUT2D eigenvalue weighted by molar-refractivity contribution is -0.142. The summed E-state index contributed by atoms with van der Waals surface area (Å²) in [7, 11) is 0. The van der Waals surface area contributed by atoms with Gasteiger partial charge in [0, 0.05) is 18.2 Å². The van der Waals surface area contributed by atoms with Crippen molar-refractivity contribution in [1.82, 2.24) is 4.98 Å². The van der Waals surface area contributed by atoms with E-state index < -0.39 is 0 Å². The first-order valence-corrected chi connectivity index (χ1v) is 8.19. The predicted molar refractivity (Wildman–Crippen MR) is 85.8 cm³/mol. The second-order valence-corrected chi connectivity index (χ2v) is 5.89. The maximum atomic E-state index is 12.1. The lowest BCUT2D eigenvalue weighted by Crippen LogP contribution is -2.09. The van der Waals surface area contributed by atoms with Crippen molar-refractivity contribution >= 4 is 39.1 Å². The smallest absolute Gasteiger partial charge is 0.310 e. The van der Waals surface area contributed by atoms with Gasteiger partial charge in [0.05, 0.1) is 23.6 Å². The molecule has 0 atom stereocenters. The Morgan fingerprint density at radius 3 is 2.41 bits per heavy atom. The van der Waals surface area contributed by atoms with Gasteiger partial charge in [-0.2, -0.15) is 0 Å². The molecular formula is C16H19NO4S. The van der Waals surface area contributed by atoms with Gasteiger partial charge >= 0.3 is 5.97 Å². The van der Waals surface area contributed by atoms with E-state index in [4.69, 9.17) is 4.74 Å². The zero-order valence-corrected chi connectivity index (χ0v) is 13.8. The fourth-order valence-electron chi connectivity index (χ4n) is 2.28. The van der Waals surface area contributed by atoms with Gasteiger partial charge in [-0.3, -0.25) is 14.4 Å². The SMILES string of the molecule is CCOC(=O)Cc1c(C(=O)CC)sc2[nH]c(C(=O)CC)cc12. The van der Waals surface area contributed by atoms with Crippen molar-refractivity contribution < 1.29 is 19.1 Å². The van der Waals surface area contributed by atoms with Crippen LogP contribution in [0.3, 0.4) is 0 Å². The molecule has 0 radical (unpaired) electrons. The maximum Gasteiger partial charge on any atom is 0.310 e. The largest absolute Gasteiger partial charge is 0.466 e. The number of Topliss-reactive ketones (excluding diaryl/α,β-unsaturated/α-hetero) is 2. The number of H-pyrrole nitrogens is 1. The number of aromatic amines is 1.